The Balaban J connectivity index is 1.27. The number of amides is 2. The van der Waals surface area contributed by atoms with Crippen molar-refractivity contribution in [2.24, 2.45) is 0 Å². The van der Waals surface area contributed by atoms with Crippen LogP contribution >= 0.6 is 0 Å². The number of hydrogen-bond donors (Lipinski definition) is 1. The van der Waals surface area contributed by atoms with E-state index in [4.69, 9.17) is 4.74 Å². The molecule has 1 aromatic carbocycles. The highest BCUT2D eigenvalue weighted by Gasteiger charge is 2.27. The van der Waals surface area contributed by atoms with Crippen molar-refractivity contribution in [3.63, 3.8) is 0 Å². The van der Waals surface area contributed by atoms with Gasteiger partial charge in [0.25, 0.3) is 11.8 Å². The Kier molecular flexibility index (Phi) is 6.28. The van der Waals surface area contributed by atoms with Crippen molar-refractivity contribution in [1.29, 1.82) is 0 Å². The first-order valence-electron chi connectivity index (χ1n) is 11.8. The molecule has 5 rings (SSSR count). The second-order valence-electron chi connectivity index (χ2n) is 8.93. The number of ether oxygens (including phenoxy) is 1. The number of pyridine rings is 2. The van der Waals surface area contributed by atoms with Crippen LogP contribution in [0.25, 0.3) is 22.2 Å². The molecule has 184 valence electrons. The van der Waals surface area contributed by atoms with Gasteiger partial charge >= 0.3 is 0 Å². The molecule has 0 radical (unpaired) electrons. The third-order valence-electron chi connectivity index (χ3n) is 6.43. The maximum Gasteiger partial charge on any atom is 0.270 e. The van der Waals surface area contributed by atoms with Gasteiger partial charge in [-0.25, -0.2) is 9.97 Å². The molecule has 0 aliphatic carbocycles. The number of aromatic nitrogens is 3. The zero-order valence-electron chi connectivity index (χ0n) is 20.6. The number of carbonyl (C=O) groups excluding carboxylic acids is 2. The average Bonchev–Trinajstić information content (AvgIpc) is 3.36. The number of fused-ring (bicyclic) bond motifs is 1. The quantitative estimate of drug-likeness (QED) is 0.467. The van der Waals surface area contributed by atoms with Crippen molar-refractivity contribution in [2.45, 2.75) is 0 Å². The molecule has 0 bridgehead atoms. The minimum atomic E-state index is -0.101. The second kappa shape index (κ2) is 9.69. The van der Waals surface area contributed by atoms with Crippen molar-refractivity contribution < 1.29 is 14.3 Å². The molecule has 9 nitrogen and oxygen atoms in total. The molecule has 9 heteroatoms. The van der Waals surface area contributed by atoms with E-state index in [1.807, 2.05) is 61.6 Å². The van der Waals surface area contributed by atoms with Crippen LogP contribution in [-0.4, -0.2) is 84.0 Å². The summed E-state index contributed by atoms with van der Waals surface area (Å²) in [6, 6.07) is 15.0. The number of hydrogen-bond acceptors (Lipinski definition) is 6. The summed E-state index contributed by atoms with van der Waals surface area (Å²) in [6.07, 6.45) is 3.60. The van der Waals surface area contributed by atoms with Crippen molar-refractivity contribution >= 4 is 28.7 Å². The van der Waals surface area contributed by atoms with Crippen LogP contribution in [0.15, 0.2) is 60.9 Å². The predicted octanol–water partition coefficient (Wildman–Crippen LogP) is 3.30. The van der Waals surface area contributed by atoms with Gasteiger partial charge in [0.1, 0.15) is 22.9 Å². The fourth-order valence-corrected chi connectivity index (χ4v) is 4.38. The Morgan fingerprint density at radius 1 is 0.889 bits per heavy atom. The van der Waals surface area contributed by atoms with E-state index in [9.17, 15) is 9.59 Å². The van der Waals surface area contributed by atoms with E-state index in [0.29, 0.717) is 48.8 Å². The smallest absolute Gasteiger partial charge is 0.270 e. The first-order valence-corrected chi connectivity index (χ1v) is 11.8. The Morgan fingerprint density at radius 2 is 1.58 bits per heavy atom. The number of para-hydroxylation sites is 1. The summed E-state index contributed by atoms with van der Waals surface area (Å²) in [7, 11) is 5.46. The van der Waals surface area contributed by atoms with Crippen LogP contribution in [0, 0.1) is 0 Å². The van der Waals surface area contributed by atoms with Gasteiger partial charge in [-0.3, -0.25) is 9.59 Å². The molecule has 1 aliphatic heterocycles. The summed E-state index contributed by atoms with van der Waals surface area (Å²) >= 11 is 0. The maximum atomic E-state index is 13.2. The fraction of sp³-hybridized carbons (Fsp3) is 0.259. The molecule has 0 saturated carbocycles. The number of carbonyl (C=O) groups is 2. The Labute approximate surface area is 209 Å². The molecule has 0 spiro atoms. The van der Waals surface area contributed by atoms with Crippen molar-refractivity contribution in [1.82, 2.24) is 24.8 Å². The SMILES string of the molecule is COc1ccccc1C(=O)N1CCN(C(=O)c2cc3cc(-c4ccc(N(C)C)nc4)cnc3[nH]2)CC1. The van der Waals surface area contributed by atoms with Crippen LogP contribution in [0.2, 0.25) is 0 Å². The normalized spacial score (nSPS) is 13.6. The van der Waals surface area contributed by atoms with E-state index in [0.717, 1.165) is 22.3 Å². The van der Waals surface area contributed by atoms with Crippen LogP contribution in [0.3, 0.4) is 0 Å². The molecule has 0 atom stereocenters. The highest BCUT2D eigenvalue weighted by Crippen LogP contribution is 2.25. The Bertz CT molecular complexity index is 1400. The Morgan fingerprint density at radius 3 is 2.25 bits per heavy atom. The maximum absolute atomic E-state index is 13.2. The van der Waals surface area contributed by atoms with E-state index in [2.05, 4.69) is 15.0 Å². The molecule has 4 aromatic rings. The highest BCUT2D eigenvalue weighted by molar-refractivity contribution is 5.99. The van der Waals surface area contributed by atoms with Gasteiger partial charge in [0.15, 0.2) is 0 Å². The Hall–Kier alpha value is -4.40. The topological polar surface area (TPSA) is 94.7 Å². The summed E-state index contributed by atoms with van der Waals surface area (Å²) in [6.45, 7) is 1.83. The fourth-order valence-electron chi connectivity index (χ4n) is 4.38. The molecule has 2 amide bonds. The van der Waals surface area contributed by atoms with Gasteiger partial charge in [0.05, 0.1) is 12.7 Å². The van der Waals surface area contributed by atoms with E-state index in [1.54, 1.807) is 35.2 Å². The first-order chi connectivity index (χ1) is 17.4. The molecular formula is C27H28N6O3. The van der Waals surface area contributed by atoms with Crippen molar-refractivity contribution in [3.05, 3.63) is 72.2 Å². The largest absolute Gasteiger partial charge is 0.496 e. The standard InChI is InChI=1S/C27H28N6O3/c1-31(2)24-9-8-18(16-28-24)20-14-19-15-22(30-25(19)29-17-20)27(35)33-12-10-32(11-13-33)26(34)21-6-4-5-7-23(21)36-3/h4-9,14-17H,10-13H2,1-3H3,(H,29,30). The van der Waals surface area contributed by atoms with Crippen LogP contribution in [0.1, 0.15) is 20.8 Å². The number of rotatable bonds is 5. The molecule has 1 aliphatic rings. The molecule has 3 aromatic heterocycles. The van der Waals surface area contributed by atoms with Crippen LogP contribution in [-0.2, 0) is 0 Å². The highest BCUT2D eigenvalue weighted by atomic mass is 16.5. The van der Waals surface area contributed by atoms with E-state index in [1.165, 1.54) is 0 Å². The van der Waals surface area contributed by atoms with Crippen LogP contribution < -0.4 is 9.64 Å². The number of nitrogens with zero attached hydrogens (tertiary/aromatic N) is 5. The zero-order chi connectivity index (χ0) is 25.2. The number of aromatic amines is 1. The summed E-state index contributed by atoms with van der Waals surface area (Å²) in [5.74, 6) is 1.24. The number of piperazine rings is 1. The molecule has 36 heavy (non-hydrogen) atoms. The third kappa shape index (κ3) is 4.47. The van der Waals surface area contributed by atoms with Gasteiger partial charge in [-0.2, -0.15) is 0 Å². The average molecular weight is 485 g/mol. The lowest BCUT2D eigenvalue weighted by Gasteiger charge is -2.34. The second-order valence-corrected chi connectivity index (χ2v) is 8.93. The number of H-pyrrole nitrogens is 1. The lowest BCUT2D eigenvalue weighted by Crippen LogP contribution is -2.50. The van der Waals surface area contributed by atoms with Gasteiger partial charge in [0.2, 0.25) is 0 Å². The van der Waals surface area contributed by atoms with E-state index >= 15 is 0 Å². The summed E-state index contributed by atoms with van der Waals surface area (Å²) in [5, 5.41) is 0.859. The molecule has 1 fully saturated rings. The zero-order valence-corrected chi connectivity index (χ0v) is 20.6. The molecule has 0 unspecified atom stereocenters. The van der Waals surface area contributed by atoms with Gasteiger partial charge in [-0.1, -0.05) is 12.1 Å². The minimum Gasteiger partial charge on any atom is -0.496 e. The van der Waals surface area contributed by atoms with Gasteiger partial charge in [-0.15, -0.1) is 0 Å². The lowest BCUT2D eigenvalue weighted by atomic mass is 10.1. The van der Waals surface area contributed by atoms with Gasteiger partial charge in [-0.05, 0) is 36.4 Å². The first kappa shape index (κ1) is 23.3. The molecule has 1 N–H and O–H groups in total. The molecular weight excluding hydrogens is 456 g/mol. The predicted molar refractivity (Wildman–Crippen MR) is 138 cm³/mol. The minimum absolute atomic E-state index is 0.0880. The number of methoxy groups -OCH3 is 1. The molecule has 4 heterocycles. The van der Waals surface area contributed by atoms with Gasteiger partial charge < -0.3 is 24.4 Å². The third-order valence-corrected chi connectivity index (χ3v) is 6.43. The monoisotopic (exact) mass is 484 g/mol. The van der Waals surface area contributed by atoms with Crippen LogP contribution in [0.5, 0.6) is 5.75 Å². The van der Waals surface area contributed by atoms with E-state index in [-0.39, 0.29) is 11.8 Å². The number of anilines is 1. The summed E-state index contributed by atoms with van der Waals surface area (Å²) < 4.78 is 5.33. The van der Waals surface area contributed by atoms with Crippen LogP contribution in [0.4, 0.5) is 5.82 Å². The molecule has 1 saturated heterocycles. The summed E-state index contributed by atoms with van der Waals surface area (Å²) in [4.78, 5) is 43.8. The number of nitrogens with one attached hydrogen (secondary N) is 1. The van der Waals surface area contributed by atoms with Crippen molar-refractivity contribution in [2.75, 3.05) is 52.3 Å². The number of benzene rings is 1. The summed E-state index contributed by atoms with van der Waals surface area (Å²) in [5.41, 5.74) is 3.57. The van der Waals surface area contributed by atoms with Gasteiger partial charge in [0, 0.05) is 69.2 Å². The van der Waals surface area contributed by atoms with Crippen molar-refractivity contribution in [3.8, 4) is 16.9 Å². The lowest BCUT2D eigenvalue weighted by molar-refractivity contribution is 0.0531. The van der Waals surface area contributed by atoms with E-state index < -0.39 is 0 Å².